The van der Waals surface area contributed by atoms with Gasteiger partial charge in [-0.3, -0.25) is 14.5 Å². The van der Waals surface area contributed by atoms with Crippen LogP contribution in [0.3, 0.4) is 0 Å². The SMILES string of the molecule is CCCN(C(=O)C(C)CC(=O)Nc1cc(CN2CCOCC2)cc(C(F)(F)F)c1)c1c(C)cccc1C. The van der Waals surface area contributed by atoms with Crippen LogP contribution in [0.4, 0.5) is 24.5 Å². The van der Waals surface area contributed by atoms with Gasteiger partial charge in [-0.25, -0.2) is 0 Å². The molecule has 1 saturated heterocycles. The van der Waals surface area contributed by atoms with Crippen molar-refractivity contribution < 1.29 is 27.5 Å². The largest absolute Gasteiger partial charge is 0.416 e. The lowest BCUT2D eigenvalue weighted by Crippen LogP contribution is -2.38. The zero-order valence-electron chi connectivity index (χ0n) is 22.0. The molecule has 0 aliphatic carbocycles. The van der Waals surface area contributed by atoms with Crippen molar-refractivity contribution in [1.82, 2.24) is 4.90 Å². The van der Waals surface area contributed by atoms with Crippen LogP contribution in [0.15, 0.2) is 36.4 Å². The Balaban J connectivity index is 1.74. The Morgan fingerprint density at radius 3 is 2.35 bits per heavy atom. The smallest absolute Gasteiger partial charge is 0.379 e. The van der Waals surface area contributed by atoms with Crippen molar-refractivity contribution in [2.75, 3.05) is 43.1 Å². The number of rotatable bonds is 9. The van der Waals surface area contributed by atoms with Gasteiger partial charge in [-0.2, -0.15) is 13.2 Å². The Morgan fingerprint density at radius 2 is 1.76 bits per heavy atom. The molecule has 2 aromatic rings. The van der Waals surface area contributed by atoms with Crippen molar-refractivity contribution >= 4 is 23.2 Å². The van der Waals surface area contributed by atoms with Crippen LogP contribution in [-0.4, -0.2) is 49.6 Å². The maximum absolute atomic E-state index is 13.6. The number of aryl methyl sites for hydroxylation is 2. The Morgan fingerprint density at radius 1 is 1.11 bits per heavy atom. The molecule has 0 spiro atoms. The molecule has 0 aromatic heterocycles. The third-order valence-corrected chi connectivity index (χ3v) is 6.45. The van der Waals surface area contributed by atoms with Crippen molar-refractivity contribution in [1.29, 1.82) is 0 Å². The van der Waals surface area contributed by atoms with Crippen LogP contribution in [0.5, 0.6) is 0 Å². The van der Waals surface area contributed by atoms with E-state index in [1.54, 1.807) is 17.9 Å². The Hall–Kier alpha value is -2.91. The number of halogens is 3. The summed E-state index contributed by atoms with van der Waals surface area (Å²) < 4.78 is 46.0. The number of nitrogens with one attached hydrogen (secondary N) is 1. The van der Waals surface area contributed by atoms with Crippen LogP contribution in [0.2, 0.25) is 0 Å². The van der Waals surface area contributed by atoms with Crippen molar-refractivity contribution in [3.63, 3.8) is 0 Å². The standard InChI is InChI=1S/C28H36F3N3O3/c1-5-9-34(26-19(2)7-6-8-20(26)3)27(36)21(4)14-25(35)32-24-16-22(15-23(17-24)28(29,30)31)18-33-10-12-37-13-11-33/h6-8,15-17,21H,5,9-14,18H2,1-4H3,(H,32,35). The molecule has 3 rings (SSSR count). The minimum atomic E-state index is -4.55. The fourth-order valence-electron chi connectivity index (χ4n) is 4.67. The summed E-state index contributed by atoms with van der Waals surface area (Å²) in [5.74, 6) is -1.34. The number of hydrogen-bond donors (Lipinski definition) is 1. The minimum absolute atomic E-state index is 0.0721. The number of amides is 2. The second-order valence-corrected chi connectivity index (χ2v) is 9.69. The molecule has 202 valence electrons. The first-order valence-electron chi connectivity index (χ1n) is 12.7. The van der Waals surface area contributed by atoms with Crippen molar-refractivity contribution in [3.05, 3.63) is 58.7 Å². The second kappa shape index (κ2) is 12.6. The van der Waals surface area contributed by atoms with Gasteiger partial charge in [-0.1, -0.05) is 32.0 Å². The van der Waals surface area contributed by atoms with E-state index in [1.165, 1.54) is 0 Å². The van der Waals surface area contributed by atoms with Gasteiger partial charge in [0.15, 0.2) is 0 Å². The molecule has 6 nitrogen and oxygen atoms in total. The number of ether oxygens (including phenoxy) is 1. The van der Waals surface area contributed by atoms with Gasteiger partial charge >= 0.3 is 6.18 Å². The number of hydrogen-bond acceptors (Lipinski definition) is 4. The fourth-order valence-corrected chi connectivity index (χ4v) is 4.67. The van der Waals surface area contributed by atoms with E-state index in [1.807, 2.05) is 43.9 Å². The number of morpholine rings is 1. The molecular formula is C28H36F3N3O3. The van der Waals surface area contributed by atoms with E-state index in [-0.39, 0.29) is 18.0 Å². The normalized spacial score (nSPS) is 15.3. The van der Waals surface area contributed by atoms with Gasteiger partial charge in [-0.15, -0.1) is 0 Å². The predicted molar refractivity (Wildman–Crippen MR) is 139 cm³/mol. The zero-order chi connectivity index (χ0) is 27.2. The summed E-state index contributed by atoms with van der Waals surface area (Å²) >= 11 is 0. The summed E-state index contributed by atoms with van der Waals surface area (Å²) in [6.07, 6.45) is -3.94. The lowest BCUT2D eigenvalue weighted by atomic mass is 10.0. The molecule has 0 bridgehead atoms. The average molecular weight is 520 g/mol. The van der Waals surface area contributed by atoms with E-state index < -0.39 is 23.6 Å². The van der Waals surface area contributed by atoms with Crippen molar-refractivity contribution in [2.24, 2.45) is 5.92 Å². The number of alkyl halides is 3. The monoisotopic (exact) mass is 519 g/mol. The third-order valence-electron chi connectivity index (χ3n) is 6.45. The molecule has 1 aliphatic rings. The van der Waals surface area contributed by atoms with Crippen LogP contribution < -0.4 is 10.2 Å². The molecule has 1 aliphatic heterocycles. The average Bonchev–Trinajstić information content (AvgIpc) is 2.82. The lowest BCUT2D eigenvalue weighted by molar-refractivity contribution is -0.137. The van der Waals surface area contributed by atoms with Gasteiger partial charge in [0.05, 0.1) is 18.8 Å². The Kier molecular flexibility index (Phi) is 9.73. The molecular weight excluding hydrogens is 483 g/mol. The fraction of sp³-hybridized carbons (Fsp3) is 0.500. The highest BCUT2D eigenvalue weighted by Gasteiger charge is 2.32. The lowest BCUT2D eigenvalue weighted by Gasteiger charge is -2.28. The van der Waals surface area contributed by atoms with E-state index in [2.05, 4.69) is 5.32 Å². The van der Waals surface area contributed by atoms with Crippen LogP contribution in [0.25, 0.3) is 0 Å². The summed E-state index contributed by atoms with van der Waals surface area (Å²) in [6.45, 7) is 10.7. The molecule has 37 heavy (non-hydrogen) atoms. The summed E-state index contributed by atoms with van der Waals surface area (Å²) in [5.41, 5.74) is 2.49. The van der Waals surface area contributed by atoms with Gasteiger partial charge in [-0.05, 0) is 55.2 Å². The first kappa shape index (κ1) is 28.7. The maximum atomic E-state index is 13.6. The Labute approximate surface area is 216 Å². The molecule has 1 fully saturated rings. The molecule has 0 radical (unpaired) electrons. The Bertz CT molecular complexity index is 1080. The summed E-state index contributed by atoms with van der Waals surface area (Å²) in [4.78, 5) is 29.9. The van der Waals surface area contributed by atoms with Gasteiger partial charge < -0.3 is 15.0 Å². The number of benzene rings is 2. The van der Waals surface area contributed by atoms with E-state index >= 15 is 0 Å². The third kappa shape index (κ3) is 7.79. The summed E-state index contributed by atoms with van der Waals surface area (Å²) in [7, 11) is 0. The molecule has 1 unspecified atom stereocenters. The van der Waals surface area contributed by atoms with Gasteiger partial charge in [0, 0.05) is 49.9 Å². The quantitative estimate of drug-likeness (QED) is 0.471. The first-order chi connectivity index (χ1) is 17.5. The minimum Gasteiger partial charge on any atom is -0.379 e. The van der Waals surface area contributed by atoms with Crippen molar-refractivity contribution in [2.45, 2.75) is 53.3 Å². The molecule has 2 amide bonds. The molecule has 1 atom stereocenters. The predicted octanol–water partition coefficient (Wildman–Crippen LogP) is 5.56. The van der Waals surface area contributed by atoms with Gasteiger partial charge in [0.1, 0.15) is 0 Å². The molecule has 9 heteroatoms. The van der Waals surface area contributed by atoms with Crippen LogP contribution in [0.1, 0.15) is 48.9 Å². The summed E-state index contributed by atoms with van der Waals surface area (Å²) in [5, 5.41) is 2.60. The number of carbonyl (C=O) groups excluding carboxylic acids is 2. The first-order valence-corrected chi connectivity index (χ1v) is 12.7. The highest BCUT2D eigenvalue weighted by molar-refractivity contribution is 6.00. The summed E-state index contributed by atoms with van der Waals surface area (Å²) in [6, 6.07) is 9.43. The van der Waals surface area contributed by atoms with E-state index in [0.717, 1.165) is 35.4 Å². The molecule has 1 N–H and O–H groups in total. The van der Waals surface area contributed by atoms with E-state index in [9.17, 15) is 22.8 Å². The topological polar surface area (TPSA) is 61.9 Å². The second-order valence-electron chi connectivity index (χ2n) is 9.69. The molecule has 2 aromatic carbocycles. The molecule has 0 saturated carbocycles. The molecule has 1 heterocycles. The van der Waals surface area contributed by atoms with Crippen molar-refractivity contribution in [3.8, 4) is 0 Å². The number of para-hydroxylation sites is 1. The highest BCUT2D eigenvalue weighted by Crippen LogP contribution is 2.33. The van der Waals surface area contributed by atoms with Gasteiger partial charge in [0.2, 0.25) is 11.8 Å². The zero-order valence-corrected chi connectivity index (χ0v) is 22.0. The van der Waals surface area contributed by atoms with E-state index in [0.29, 0.717) is 45.0 Å². The highest BCUT2D eigenvalue weighted by atomic mass is 19.4. The van der Waals surface area contributed by atoms with Crippen LogP contribution >= 0.6 is 0 Å². The van der Waals surface area contributed by atoms with Crippen LogP contribution in [-0.2, 0) is 27.0 Å². The van der Waals surface area contributed by atoms with E-state index in [4.69, 9.17) is 4.74 Å². The van der Waals surface area contributed by atoms with Crippen LogP contribution in [0, 0.1) is 19.8 Å². The van der Waals surface area contributed by atoms with Gasteiger partial charge in [0.25, 0.3) is 0 Å². The number of nitrogens with zero attached hydrogens (tertiary/aromatic N) is 2. The number of anilines is 2. The number of carbonyl (C=O) groups is 2. The maximum Gasteiger partial charge on any atom is 0.416 e.